The van der Waals surface area contributed by atoms with Crippen molar-refractivity contribution in [2.45, 2.75) is 11.2 Å². The van der Waals surface area contributed by atoms with E-state index in [1.807, 2.05) is 24.3 Å². The second-order valence-electron chi connectivity index (χ2n) is 12.6. The number of phenols is 4. The highest BCUT2D eigenvalue weighted by atomic mass is 79.9. The summed E-state index contributed by atoms with van der Waals surface area (Å²) in [7, 11) is 0. The number of hydrogen-bond acceptors (Lipinski definition) is 10. The smallest absolute Gasteiger partial charge is 0.340 e. The highest BCUT2D eigenvalue weighted by molar-refractivity contribution is 9.11. The van der Waals surface area contributed by atoms with Crippen LogP contribution in [-0.4, -0.2) is 32.4 Å². The number of aromatic hydroxyl groups is 4. The molecule has 10 nitrogen and oxygen atoms in total. The minimum atomic E-state index is -1.33. The Labute approximate surface area is 339 Å². The van der Waals surface area contributed by atoms with Crippen molar-refractivity contribution < 1.29 is 49.0 Å². The topological polar surface area (TPSA) is 152 Å². The number of phenolic OH excluding ortho intramolecular Hbond substituents is 4. The molecule has 6 aromatic carbocycles. The van der Waals surface area contributed by atoms with Gasteiger partial charge in [0.25, 0.3) is 0 Å². The van der Waals surface area contributed by atoms with Crippen molar-refractivity contribution in [1.82, 2.24) is 0 Å². The molecule has 0 fully saturated rings. The van der Waals surface area contributed by atoms with E-state index < -0.39 is 23.1 Å². The molecule has 4 aliphatic rings. The van der Waals surface area contributed by atoms with Crippen LogP contribution in [0.5, 0.6) is 46.0 Å². The van der Waals surface area contributed by atoms with Crippen molar-refractivity contribution in [1.29, 1.82) is 0 Å². The quantitative estimate of drug-likeness (QED) is 0.108. The lowest BCUT2D eigenvalue weighted by Gasteiger charge is -2.37. The Morgan fingerprint density at radius 1 is 0.463 bits per heavy atom. The van der Waals surface area contributed by atoms with Crippen LogP contribution in [0.25, 0.3) is 0 Å². The first-order valence-electron chi connectivity index (χ1n) is 16.0. The van der Waals surface area contributed by atoms with Crippen LogP contribution in [0.4, 0.5) is 0 Å². The standard InChI is InChI=1S/C20H8Br4O5.C20H12O5/c21-11-5-9-17(13(23)15(11)25)28-18-10(6-12(22)16(26)14(18)24)20(9)8-4-2-1-3-7(8)19(27)29-20;21-11-5-7-15-17(9-11)24-18-10-12(22)6-8-16(18)20(15)14-4-2-1-3-13(14)19(23)25-20/h1-6,25-26H;1-10,21-22H. The third-order valence-corrected chi connectivity index (χ3v) is 12.4. The molecule has 0 unspecified atom stereocenters. The SMILES string of the molecule is O=C1OC2(c3ccc(O)cc3Oc3cc(O)ccc32)c2ccccc21.O=C1OC2(c3ccccc31)c1cc(Br)c(O)c(Br)c1Oc1c2cc(Br)c(O)c1Br. The molecule has 0 radical (unpaired) electrons. The second kappa shape index (κ2) is 12.2. The van der Waals surface area contributed by atoms with Crippen molar-refractivity contribution >= 4 is 75.7 Å². The molecule has 0 aromatic heterocycles. The second-order valence-corrected chi connectivity index (χ2v) is 15.9. The fraction of sp³-hybridized carbons (Fsp3) is 0.0500. The predicted molar refractivity (Wildman–Crippen MR) is 207 cm³/mol. The molecule has 0 atom stereocenters. The van der Waals surface area contributed by atoms with Gasteiger partial charge < -0.3 is 39.4 Å². The third-order valence-electron chi connectivity index (χ3n) is 9.71. The summed E-state index contributed by atoms with van der Waals surface area (Å²) in [4.78, 5) is 25.4. The summed E-state index contributed by atoms with van der Waals surface area (Å²) in [6.07, 6.45) is 0. The van der Waals surface area contributed by atoms with E-state index in [4.69, 9.17) is 18.9 Å². The number of carbonyl (C=O) groups excluding carboxylic acids is 2. The largest absolute Gasteiger partial charge is 0.508 e. The van der Waals surface area contributed by atoms with Gasteiger partial charge in [0.15, 0.2) is 22.7 Å². The number of benzene rings is 6. The molecule has 10 rings (SSSR count). The highest BCUT2D eigenvalue weighted by Crippen LogP contribution is 2.63. The number of rotatable bonds is 0. The van der Waals surface area contributed by atoms with E-state index >= 15 is 0 Å². The highest BCUT2D eigenvalue weighted by Gasteiger charge is 2.56. The summed E-state index contributed by atoms with van der Waals surface area (Å²) in [6, 6.07) is 27.0. The van der Waals surface area contributed by atoms with Gasteiger partial charge in [0.2, 0.25) is 0 Å². The van der Waals surface area contributed by atoms with Gasteiger partial charge in [-0.25, -0.2) is 9.59 Å². The van der Waals surface area contributed by atoms with Crippen LogP contribution in [0.3, 0.4) is 0 Å². The van der Waals surface area contributed by atoms with Crippen LogP contribution in [0.2, 0.25) is 0 Å². The Morgan fingerprint density at radius 3 is 1.31 bits per heavy atom. The van der Waals surface area contributed by atoms with Gasteiger partial charge in [-0.3, -0.25) is 0 Å². The number of halogens is 4. The molecule has 0 saturated carbocycles. The van der Waals surface area contributed by atoms with Crippen molar-refractivity contribution in [3.63, 3.8) is 0 Å². The predicted octanol–water partition coefficient (Wildman–Crippen LogP) is 10.4. The number of hydrogen-bond donors (Lipinski definition) is 4. The molecule has 4 N–H and O–H groups in total. The average molecular weight is 980 g/mol. The summed E-state index contributed by atoms with van der Waals surface area (Å²) in [5, 5.41) is 40.5. The number of fused-ring (bicyclic) bond motifs is 12. The van der Waals surface area contributed by atoms with Crippen LogP contribution in [0.1, 0.15) is 54.1 Å². The first-order chi connectivity index (χ1) is 25.9. The average Bonchev–Trinajstić information content (AvgIpc) is 3.62. The Hall–Kier alpha value is -5.02. The van der Waals surface area contributed by atoms with E-state index in [1.54, 1.807) is 48.5 Å². The fourth-order valence-electron chi connectivity index (χ4n) is 7.42. The molecular weight excluding hydrogens is 960 g/mol. The van der Waals surface area contributed by atoms with Gasteiger partial charge in [0, 0.05) is 34.4 Å². The van der Waals surface area contributed by atoms with Crippen molar-refractivity contribution in [3.8, 4) is 46.0 Å². The van der Waals surface area contributed by atoms with E-state index in [0.717, 1.165) is 0 Å². The van der Waals surface area contributed by atoms with E-state index in [1.165, 1.54) is 24.3 Å². The Kier molecular flexibility index (Phi) is 7.88. The summed E-state index contributed by atoms with van der Waals surface area (Å²) in [5.74, 6) is 0.385. The molecule has 6 aromatic rings. The monoisotopic (exact) mass is 976 g/mol. The molecule has 14 heteroatoms. The maximum Gasteiger partial charge on any atom is 0.340 e. The normalized spacial score (nSPS) is 15.6. The number of ether oxygens (including phenoxy) is 4. The number of carbonyl (C=O) groups is 2. The maximum absolute atomic E-state index is 12.8. The first kappa shape index (κ1) is 34.7. The van der Waals surface area contributed by atoms with E-state index in [0.29, 0.717) is 73.9 Å². The minimum Gasteiger partial charge on any atom is -0.508 e. The molecule has 2 spiro atoms. The van der Waals surface area contributed by atoms with Gasteiger partial charge in [-0.2, -0.15) is 0 Å². The lowest BCUT2D eigenvalue weighted by Crippen LogP contribution is -2.33. The van der Waals surface area contributed by atoms with E-state index in [9.17, 15) is 30.0 Å². The van der Waals surface area contributed by atoms with Crippen LogP contribution in [-0.2, 0) is 20.7 Å². The fourth-order valence-corrected chi connectivity index (χ4v) is 9.83. The zero-order chi connectivity index (χ0) is 37.8. The van der Waals surface area contributed by atoms with Crippen molar-refractivity contribution in [3.05, 3.63) is 159 Å². The summed E-state index contributed by atoms with van der Waals surface area (Å²) in [6.45, 7) is 0. The molecule has 268 valence electrons. The molecule has 4 heterocycles. The Bertz CT molecular complexity index is 2560. The van der Waals surface area contributed by atoms with Gasteiger partial charge in [0.1, 0.15) is 43.4 Å². The van der Waals surface area contributed by atoms with E-state index in [-0.39, 0.29) is 34.5 Å². The van der Waals surface area contributed by atoms with Crippen LogP contribution in [0, 0.1) is 0 Å². The van der Waals surface area contributed by atoms with Crippen LogP contribution in [0.15, 0.2) is 115 Å². The molecule has 54 heavy (non-hydrogen) atoms. The van der Waals surface area contributed by atoms with Crippen molar-refractivity contribution in [2.24, 2.45) is 0 Å². The van der Waals surface area contributed by atoms with Gasteiger partial charge in [-0.15, -0.1) is 0 Å². The maximum atomic E-state index is 12.8. The van der Waals surface area contributed by atoms with Crippen molar-refractivity contribution in [2.75, 3.05) is 0 Å². The molecule has 4 aliphatic heterocycles. The van der Waals surface area contributed by atoms with E-state index in [2.05, 4.69) is 63.7 Å². The lowest BCUT2D eigenvalue weighted by atomic mass is 9.77. The summed E-state index contributed by atoms with van der Waals surface area (Å²) in [5.41, 5.74) is 2.10. The first-order valence-corrected chi connectivity index (χ1v) is 19.1. The van der Waals surface area contributed by atoms with Crippen LogP contribution < -0.4 is 9.47 Å². The lowest BCUT2D eigenvalue weighted by molar-refractivity contribution is 0.0213. The van der Waals surface area contributed by atoms with Crippen LogP contribution >= 0.6 is 63.7 Å². The minimum absolute atomic E-state index is 0.0371. The third kappa shape index (κ3) is 4.73. The molecule has 0 amide bonds. The van der Waals surface area contributed by atoms with Gasteiger partial charge in [-0.05, 0) is 112 Å². The summed E-state index contributed by atoms with van der Waals surface area (Å²) < 4.78 is 25.3. The Morgan fingerprint density at radius 2 is 0.870 bits per heavy atom. The summed E-state index contributed by atoms with van der Waals surface area (Å²) >= 11 is 13.5. The zero-order valence-corrected chi connectivity index (χ0v) is 33.3. The Balaban J connectivity index is 0.000000144. The molecule has 0 bridgehead atoms. The van der Waals surface area contributed by atoms with Gasteiger partial charge in [0.05, 0.1) is 31.2 Å². The van der Waals surface area contributed by atoms with Gasteiger partial charge >= 0.3 is 11.9 Å². The number of esters is 2. The van der Waals surface area contributed by atoms with Gasteiger partial charge in [-0.1, -0.05) is 36.4 Å². The molecule has 0 aliphatic carbocycles. The zero-order valence-electron chi connectivity index (χ0n) is 27.0. The molecule has 0 saturated heterocycles. The molecular formula is C40H20Br4O10.